The normalized spacial score (nSPS) is 15.4. The van der Waals surface area contributed by atoms with Crippen molar-refractivity contribution in [3.05, 3.63) is 41.6 Å². The maximum Gasteiger partial charge on any atom is 0.390 e. The number of halogens is 3. The van der Waals surface area contributed by atoms with Crippen molar-refractivity contribution in [1.82, 2.24) is 4.90 Å². The number of anilines is 2. The first-order chi connectivity index (χ1) is 10.2. The number of benzene rings is 1. The summed E-state index contributed by atoms with van der Waals surface area (Å²) in [5.74, 6) is 0. The number of nitrogens with two attached hydrogens (primary N) is 1. The Hall–Kier alpha value is -2.11. The van der Waals surface area contributed by atoms with Crippen LogP contribution in [0.1, 0.15) is 18.9 Å². The van der Waals surface area contributed by atoms with Crippen LogP contribution in [0.25, 0.3) is 5.57 Å². The first-order valence-corrected chi connectivity index (χ1v) is 7.04. The summed E-state index contributed by atoms with van der Waals surface area (Å²) < 4.78 is 36.7. The Morgan fingerprint density at radius 3 is 2.68 bits per heavy atom. The van der Waals surface area contributed by atoms with Crippen LogP contribution in [0.2, 0.25) is 0 Å². The van der Waals surface area contributed by atoms with Crippen LogP contribution in [0.15, 0.2) is 36.0 Å². The predicted molar refractivity (Wildman–Crippen MR) is 84.4 cm³/mol. The van der Waals surface area contributed by atoms with E-state index in [2.05, 4.69) is 16.3 Å². The van der Waals surface area contributed by atoms with Crippen molar-refractivity contribution in [2.45, 2.75) is 19.5 Å². The molecular formula is C16H20F3N3. The fraction of sp³-hybridized carbons (Fsp3) is 0.375. The van der Waals surface area contributed by atoms with Gasteiger partial charge in [0.15, 0.2) is 0 Å². The van der Waals surface area contributed by atoms with Crippen LogP contribution >= 0.6 is 0 Å². The molecule has 0 amide bonds. The zero-order chi connectivity index (χ0) is 16.3. The number of nitrogen functional groups attached to an aromatic ring is 1. The molecule has 0 aliphatic carbocycles. The minimum absolute atomic E-state index is 0.190. The summed E-state index contributed by atoms with van der Waals surface area (Å²) >= 11 is 0. The zero-order valence-corrected chi connectivity index (χ0v) is 12.7. The molecule has 2 rings (SSSR count). The number of hydrogen-bond donors (Lipinski definition) is 2. The molecule has 0 atom stereocenters. The second-order valence-corrected chi connectivity index (χ2v) is 5.58. The summed E-state index contributed by atoms with van der Waals surface area (Å²) in [6.07, 6.45) is -0.974. The predicted octanol–water partition coefficient (Wildman–Crippen LogP) is 3.87. The van der Waals surface area contributed by atoms with Crippen molar-refractivity contribution in [2.24, 2.45) is 0 Å². The quantitative estimate of drug-likeness (QED) is 0.830. The summed E-state index contributed by atoms with van der Waals surface area (Å²) in [4.78, 5) is 2.07. The van der Waals surface area contributed by atoms with Gasteiger partial charge in [-0.3, -0.25) is 0 Å². The van der Waals surface area contributed by atoms with E-state index in [9.17, 15) is 13.2 Å². The van der Waals surface area contributed by atoms with Gasteiger partial charge in [-0.1, -0.05) is 17.7 Å². The zero-order valence-electron chi connectivity index (χ0n) is 12.7. The lowest BCUT2D eigenvalue weighted by atomic mass is 10.0. The molecule has 6 heteroatoms. The molecule has 22 heavy (non-hydrogen) atoms. The lowest BCUT2D eigenvalue weighted by molar-refractivity contribution is -0.131. The van der Waals surface area contributed by atoms with Gasteiger partial charge >= 0.3 is 6.18 Å². The minimum atomic E-state index is -4.17. The van der Waals surface area contributed by atoms with Crippen LogP contribution in [0.4, 0.5) is 24.5 Å². The summed E-state index contributed by atoms with van der Waals surface area (Å²) in [6, 6.07) is 5.38. The largest absolute Gasteiger partial charge is 0.397 e. The van der Waals surface area contributed by atoms with Gasteiger partial charge in [0.2, 0.25) is 0 Å². The van der Waals surface area contributed by atoms with E-state index in [4.69, 9.17) is 5.73 Å². The molecule has 0 saturated heterocycles. The highest BCUT2D eigenvalue weighted by molar-refractivity contribution is 5.80. The van der Waals surface area contributed by atoms with Gasteiger partial charge in [-0.15, -0.1) is 0 Å². The van der Waals surface area contributed by atoms with Crippen LogP contribution in [0.5, 0.6) is 0 Å². The highest BCUT2D eigenvalue weighted by atomic mass is 19.4. The second kappa shape index (κ2) is 6.34. The average molecular weight is 311 g/mol. The van der Waals surface area contributed by atoms with Crippen molar-refractivity contribution < 1.29 is 13.2 Å². The molecule has 0 unspecified atom stereocenters. The number of nitrogens with one attached hydrogen (secondary N) is 1. The topological polar surface area (TPSA) is 41.3 Å². The smallest absolute Gasteiger partial charge is 0.390 e. The second-order valence-electron chi connectivity index (χ2n) is 5.58. The van der Waals surface area contributed by atoms with Crippen LogP contribution in [-0.2, 0) is 0 Å². The molecule has 3 nitrogen and oxygen atoms in total. The SMILES string of the molecule is CC1=CC(c2ccc(N)c(NCCC(F)(F)F)c2)=CN(C)C1. The third-order valence-corrected chi connectivity index (χ3v) is 3.37. The van der Waals surface area contributed by atoms with E-state index in [-0.39, 0.29) is 6.54 Å². The number of nitrogens with zero attached hydrogens (tertiary/aromatic N) is 1. The lowest BCUT2D eigenvalue weighted by Gasteiger charge is -2.22. The van der Waals surface area contributed by atoms with Crippen molar-refractivity contribution in [2.75, 3.05) is 31.2 Å². The summed E-state index contributed by atoms with van der Waals surface area (Å²) in [5.41, 5.74) is 9.97. The Labute approximate surface area is 128 Å². The van der Waals surface area contributed by atoms with Crippen molar-refractivity contribution in [3.63, 3.8) is 0 Å². The number of hydrogen-bond acceptors (Lipinski definition) is 3. The van der Waals surface area contributed by atoms with E-state index >= 15 is 0 Å². The van der Waals surface area contributed by atoms with Crippen molar-refractivity contribution >= 4 is 16.9 Å². The van der Waals surface area contributed by atoms with E-state index in [0.29, 0.717) is 11.4 Å². The first-order valence-electron chi connectivity index (χ1n) is 7.04. The maximum atomic E-state index is 12.2. The van der Waals surface area contributed by atoms with Gasteiger partial charge in [0.1, 0.15) is 0 Å². The number of likely N-dealkylation sites (N-methyl/N-ethyl adjacent to an activating group) is 1. The van der Waals surface area contributed by atoms with Gasteiger partial charge in [0, 0.05) is 26.3 Å². The molecule has 1 aromatic carbocycles. The Morgan fingerprint density at radius 1 is 1.32 bits per heavy atom. The monoisotopic (exact) mass is 311 g/mol. The van der Waals surface area contributed by atoms with Gasteiger partial charge in [0.25, 0.3) is 0 Å². The minimum Gasteiger partial charge on any atom is -0.397 e. The molecule has 0 bridgehead atoms. The molecule has 0 radical (unpaired) electrons. The third kappa shape index (κ3) is 4.44. The molecule has 0 saturated carbocycles. The fourth-order valence-electron chi connectivity index (χ4n) is 2.41. The molecule has 1 aliphatic rings. The van der Waals surface area contributed by atoms with Gasteiger partial charge in [-0.2, -0.15) is 13.2 Å². The standard InChI is InChI=1S/C16H20F3N3/c1-11-7-13(10-22(2)9-11)12-3-4-14(20)15(8-12)21-6-5-16(17,18)19/h3-4,7-8,10,21H,5-6,9,20H2,1-2H3. The molecule has 1 aromatic rings. The Balaban J connectivity index is 2.16. The van der Waals surface area contributed by atoms with E-state index in [1.54, 1.807) is 12.1 Å². The third-order valence-electron chi connectivity index (χ3n) is 3.37. The molecule has 0 aromatic heterocycles. The molecule has 1 aliphatic heterocycles. The molecule has 0 fully saturated rings. The van der Waals surface area contributed by atoms with Crippen molar-refractivity contribution in [3.8, 4) is 0 Å². The van der Waals surface area contributed by atoms with Gasteiger partial charge in [-0.25, -0.2) is 0 Å². The first kappa shape index (κ1) is 16.3. The summed E-state index contributed by atoms with van der Waals surface area (Å²) in [6.45, 7) is 2.73. The molecular weight excluding hydrogens is 291 g/mol. The molecule has 3 N–H and O–H groups in total. The molecule has 0 spiro atoms. The van der Waals surface area contributed by atoms with Crippen LogP contribution in [0, 0.1) is 0 Å². The summed E-state index contributed by atoms with van der Waals surface area (Å²) in [5, 5.41) is 2.76. The highest BCUT2D eigenvalue weighted by Gasteiger charge is 2.26. The molecule has 120 valence electrons. The van der Waals surface area contributed by atoms with Gasteiger partial charge < -0.3 is 16.0 Å². The fourth-order valence-corrected chi connectivity index (χ4v) is 2.41. The Bertz CT molecular complexity index is 603. The van der Waals surface area contributed by atoms with E-state index < -0.39 is 12.6 Å². The number of alkyl halides is 3. The van der Waals surface area contributed by atoms with Gasteiger partial charge in [-0.05, 0) is 30.2 Å². The van der Waals surface area contributed by atoms with Gasteiger partial charge in [0.05, 0.1) is 17.8 Å². The number of rotatable bonds is 4. The van der Waals surface area contributed by atoms with E-state index in [1.165, 1.54) is 5.57 Å². The van der Waals surface area contributed by atoms with E-state index in [0.717, 1.165) is 17.7 Å². The summed E-state index contributed by atoms with van der Waals surface area (Å²) in [7, 11) is 1.98. The van der Waals surface area contributed by atoms with Crippen molar-refractivity contribution in [1.29, 1.82) is 0 Å². The lowest BCUT2D eigenvalue weighted by Crippen LogP contribution is -2.17. The van der Waals surface area contributed by atoms with Crippen LogP contribution in [-0.4, -0.2) is 31.2 Å². The Morgan fingerprint density at radius 2 is 2.05 bits per heavy atom. The van der Waals surface area contributed by atoms with Crippen LogP contribution < -0.4 is 11.1 Å². The Kier molecular flexibility index (Phi) is 4.68. The highest BCUT2D eigenvalue weighted by Crippen LogP contribution is 2.28. The average Bonchev–Trinajstić information content (AvgIpc) is 2.38. The van der Waals surface area contributed by atoms with E-state index in [1.807, 2.05) is 26.2 Å². The maximum absolute atomic E-state index is 12.2. The number of allylic oxidation sites excluding steroid dienone is 2. The molecule has 1 heterocycles. The van der Waals surface area contributed by atoms with Crippen LogP contribution in [0.3, 0.4) is 0 Å².